The molecule has 1 fully saturated rings. The number of aromatic amines is 1. The number of aromatic nitrogens is 6. The number of H-pyrrole nitrogens is 1. The maximum atomic E-state index is 13.3. The molecule has 1 saturated heterocycles. The minimum absolute atomic E-state index is 0.0400. The highest BCUT2D eigenvalue weighted by atomic mass is 35.5. The predicted octanol–water partition coefficient (Wildman–Crippen LogP) is 3.26. The van der Waals surface area contributed by atoms with Gasteiger partial charge in [-0.3, -0.25) is 19.4 Å². The first kappa shape index (κ1) is 25.3. The summed E-state index contributed by atoms with van der Waals surface area (Å²) in [6, 6.07) is 15.8. The number of nitrogens with one attached hydrogen (secondary N) is 2. The molecule has 4 heterocycles. The lowest BCUT2D eigenvalue weighted by atomic mass is 10.1. The maximum absolute atomic E-state index is 13.3. The molecule has 40 heavy (non-hydrogen) atoms. The van der Waals surface area contributed by atoms with E-state index in [9.17, 15) is 14.4 Å². The van der Waals surface area contributed by atoms with Gasteiger partial charge >= 0.3 is 0 Å². The summed E-state index contributed by atoms with van der Waals surface area (Å²) < 4.78 is 8.26. The second-order valence-electron chi connectivity index (χ2n) is 9.31. The van der Waals surface area contributed by atoms with Crippen LogP contribution in [0, 0.1) is 12.8 Å². The number of anilines is 2. The zero-order valence-corrected chi connectivity index (χ0v) is 22.2. The average Bonchev–Trinajstić information content (AvgIpc) is 3.65. The van der Waals surface area contributed by atoms with Gasteiger partial charge in [-0.25, -0.2) is 4.68 Å². The zero-order chi connectivity index (χ0) is 28.0. The summed E-state index contributed by atoms with van der Waals surface area (Å²) in [6.07, 6.45) is 1.47. The van der Waals surface area contributed by atoms with Gasteiger partial charge in [-0.15, -0.1) is 0 Å². The Kier molecular flexibility index (Phi) is 6.31. The van der Waals surface area contributed by atoms with Crippen LogP contribution in [0.25, 0.3) is 22.7 Å². The van der Waals surface area contributed by atoms with Crippen molar-refractivity contribution in [1.29, 1.82) is 0 Å². The number of halogens is 1. The van der Waals surface area contributed by atoms with Gasteiger partial charge in [0.2, 0.25) is 17.8 Å². The molecule has 2 aromatic carbocycles. The molecule has 12 nitrogen and oxygen atoms in total. The number of amides is 2. The number of fused-ring (bicyclic) bond motifs is 1. The predicted molar refractivity (Wildman–Crippen MR) is 148 cm³/mol. The van der Waals surface area contributed by atoms with Crippen LogP contribution >= 0.6 is 11.6 Å². The lowest BCUT2D eigenvalue weighted by Crippen LogP contribution is -2.29. The number of rotatable bonds is 6. The highest BCUT2D eigenvalue weighted by Crippen LogP contribution is 2.33. The van der Waals surface area contributed by atoms with Gasteiger partial charge in [-0.05, 0) is 43.3 Å². The van der Waals surface area contributed by atoms with Crippen molar-refractivity contribution in [3.05, 3.63) is 81.9 Å². The Balaban J connectivity index is 1.30. The normalized spacial score (nSPS) is 15.1. The third kappa shape index (κ3) is 4.47. The van der Waals surface area contributed by atoms with Crippen molar-refractivity contribution in [1.82, 2.24) is 29.5 Å². The summed E-state index contributed by atoms with van der Waals surface area (Å²) in [7, 11) is 1.53. The van der Waals surface area contributed by atoms with Crippen LogP contribution in [-0.4, -0.2) is 55.0 Å². The summed E-state index contributed by atoms with van der Waals surface area (Å²) in [5.41, 5.74) is 1.75. The molecule has 0 bridgehead atoms. The molecule has 1 atom stereocenters. The monoisotopic (exact) mass is 558 g/mol. The molecule has 1 unspecified atom stereocenters. The Hall–Kier alpha value is -4.97. The van der Waals surface area contributed by atoms with Crippen LogP contribution in [-0.2, 0) is 9.59 Å². The minimum Gasteiger partial charge on any atom is -0.495 e. The number of carbonyl (C=O) groups is 2. The van der Waals surface area contributed by atoms with E-state index in [4.69, 9.17) is 16.3 Å². The number of nitrogens with zero attached hydrogens (tertiary/aromatic N) is 6. The highest BCUT2D eigenvalue weighted by molar-refractivity contribution is 6.30. The first-order valence-electron chi connectivity index (χ1n) is 12.4. The zero-order valence-electron chi connectivity index (χ0n) is 21.5. The first-order valence-corrected chi connectivity index (χ1v) is 12.8. The molecule has 0 radical (unpaired) electrons. The topological polar surface area (TPSA) is 140 Å². The molecule has 0 aliphatic carbocycles. The molecule has 2 amide bonds. The Morgan fingerprint density at radius 3 is 2.67 bits per heavy atom. The summed E-state index contributed by atoms with van der Waals surface area (Å²) in [5.74, 6) is -0.209. The lowest BCUT2D eigenvalue weighted by Gasteiger charge is -2.19. The van der Waals surface area contributed by atoms with Crippen LogP contribution in [0.2, 0.25) is 5.02 Å². The van der Waals surface area contributed by atoms with Gasteiger partial charge in [0, 0.05) is 24.1 Å². The third-order valence-electron chi connectivity index (χ3n) is 6.65. The van der Waals surface area contributed by atoms with Crippen LogP contribution in [0.1, 0.15) is 12.1 Å². The van der Waals surface area contributed by atoms with Crippen molar-refractivity contribution >= 4 is 46.0 Å². The van der Waals surface area contributed by atoms with Gasteiger partial charge < -0.3 is 15.0 Å². The van der Waals surface area contributed by atoms with E-state index in [0.717, 1.165) is 0 Å². The van der Waals surface area contributed by atoms with E-state index in [1.54, 1.807) is 54.3 Å². The standard InChI is InChI=1S/C27H23ClN8O4/c1-15-11-22(30-25(38)16-12-23(37)34(14-16)20-5-3-4-6-21(20)40-2)36(33-15)27-31-24-19(26(39)32-27)13-29-35(24)18-9-7-17(28)8-10-18/h3-11,13,16H,12,14H2,1-2H3,(H,30,38)(H,31,32,39). The number of hydrogen-bond acceptors (Lipinski definition) is 7. The van der Waals surface area contributed by atoms with Gasteiger partial charge in [0.05, 0.1) is 36.3 Å². The Morgan fingerprint density at radius 2 is 1.90 bits per heavy atom. The first-order chi connectivity index (χ1) is 19.3. The molecule has 1 aliphatic heterocycles. The number of para-hydroxylation sites is 2. The fourth-order valence-electron chi connectivity index (χ4n) is 4.73. The van der Waals surface area contributed by atoms with Crippen LogP contribution in [0.4, 0.5) is 11.5 Å². The van der Waals surface area contributed by atoms with Crippen molar-refractivity contribution in [2.45, 2.75) is 13.3 Å². The molecule has 3 aromatic heterocycles. The number of aryl methyl sites for hydroxylation is 1. The van der Waals surface area contributed by atoms with Crippen LogP contribution < -0.4 is 20.5 Å². The van der Waals surface area contributed by atoms with Crippen LogP contribution in [0.15, 0.2) is 65.6 Å². The summed E-state index contributed by atoms with van der Waals surface area (Å²) >= 11 is 6.02. The number of carbonyl (C=O) groups excluding carboxylic acids is 2. The van der Waals surface area contributed by atoms with Crippen molar-refractivity contribution in [3.63, 3.8) is 0 Å². The van der Waals surface area contributed by atoms with E-state index in [1.807, 2.05) is 12.1 Å². The summed E-state index contributed by atoms with van der Waals surface area (Å²) in [6.45, 7) is 1.95. The molecule has 6 rings (SSSR count). The quantitative estimate of drug-likeness (QED) is 0.326. The van der Waals surface area contributed by atoms with E-state index in [2.05, 4.69) is 25.5 Å². The molecule has 1 aliphatic rings. The smallest absolute Gasteiger partial charge is 0.263 e. The van der Waals surface area contributed by atoms with Crippen molar-refractivity contribution in [3.8, 4) is 17.4 Å². The van der Waals surface area contributed by atoms with Crippen LogP contribution in [0.5, 0.6) is 5.75 Å². The summed E-state index contributed by atoms with van der Waals surface area (Å²) in [5, 5.41) is 12.5. The molecule has 5 aromatic rings. The van der Waals surface area contributed by atoms with E-state index in [1.165, 1.54) is 22.7 Å². The van der Waals surface area contributed by atoms with Gasteiger partial charge in [-0.2, -0.15) is 19.9 Å². The summed E-state index contributed by atoms with van der Waals surface area (Å²) in [4.78, 5) is 47.9. The van der Waals surface area contributed by atoms with Crippen molar-refractivity contribution in [2.75, 3.05) is 23.9 Å². The van der Waals surface area contributed by atoms with Gasteiger partial charge in [0.1, 0.15) is 17.0 Å². The minimum atomic E-state index is -0.609. The fourth-order valence-corrected chi connectivity index (χ4v) is 4.85. The second-order valence-corrected chi connectivity index (χ2v) is 9.75. The SMILES string of the molecule is COc1ccccc1N1CC(C(=O)Nc2cc(C)nn2-c2nc3c(cnn3-c3ccc(Cl)cc3)c(=O)[nH]2)CC1=O. The Labute approximate surface area is 232 Å². The Morgan fingerprint density at radius 1 is 1.12 bits per heavy atom. The van der Waals surface area contributed by atoms with E-state index in [0.29, 0.717) is 39.3 Å². The number of ether oxygens (including phenoxy) is 1. The molecule has 2 N–H and O–H groups in total. The molecule has 0 spiro atoms. The van der Waals surface area contributed by atoms with Crippen LogP contribution in [0.3, 0.4) is 0 Å². The molecule has 202 valence electrons. The largest absolute Gasteiger partial charge is 0.495 e. The molecule has 13 heteroatoms. The second kappa shape index (κ2) is 9.97. The number of benzene rings is 2. The average molecular weight is 559 g/mol. The van der Waals surface area contributed by atoms with E-state index < -0.39 is 11.5 Å². The van der Waals surface area contributed by atoms with Crippen molar-refractivity contribution < 1.29 is 14.3 Å². The van der Waals surface area contributed by atoms with E-state index >= 15 is 0 Å². The highest BCUT2D eigenvalue weighted by Gasteiger charge is 2.36. The van der Waals surface area contributed by atoms with Gasteiger partial charge in [0.15, 0.2) is 5.65 Å². The number of methoxy groups -OCH3 is 1. The fraction of sp³-hybridized carbons (Fsp3) is 0.185. The number of hydrogen-bond donors (Lipinski definition) is 2. The van der Waals surface area contributed by atoms with Gasteiger partial charge in [0.25, 0.3) is 5.56 Å². The van der Waals surface area contributed by atoms with Gasteiger partial charge in [-0.1, -0.05) is 23.7 Å². The third-order valence-corrected chi connectivity index (χ3v) is 6.90. The lowest BCUT2D eigenvalue weighted by molar-refractivity contribution is -0.122. The molecular formula is C27H23ClN8O4. The maximum Gasteiger partial charge on any atom is 0.263 e. The molecular weight excluding hydrogens is 536 g/mol. The molecule has 0 saturated carbocycles. The Bertz CT molecular complexity index is 1820. The van der Waals surface area contributed by atoms with Crippen molar-refractivity contribution in [2.24, 2.45) is 5.92 Å². The van der Waals surface area contributed by atoms with E-state index in [-0.39, 0.29) is 36.1 Å².